The molecule has 1 fully saturated rings. The zero-order valence-electron chi connectivity index (χ0n) is 18.5. The summed E-state index contributed by atoms with van der Waals surface area (Å²) in [5.41, 5.74) is 5.06. The molecule has 1 saturated heterocycles. The van der Waals surface area contributed by atoms with E-state index in [9.17, 15) is 5.26 Å². The fourth-order valence-corrected chi connectivity index (χ4v) is 4.36. The smallest absolute Gasteiger partial charge is 0.159 e. The minimum Gasteiger partial charge on any atom is -0.303 e. The van der Waals surface area contributed by atoms with Crippen LogP contribution in [0.4, 0.5) is 0 Å². The quantitative estimate of drug-likeness (QED) is 0.583. The fraction of sp³-hybridized carbons (Fsp3) is 0.385. The average Bonchev–Trinajstić information content (AvgIpc) is 2.79. The summed E-state index contributed by atoms with van der Waals surface area (Å²) >= 11 is 0. The van der Waals surface area contributed by atoms with Crippen molar-refractivity contribution in [2.45, 2.75) is 39.5 Å². The molecule has 0 N–H and O–H groups in total. The minimum absolute atomic E-state index is 0.305. The van der Waals surface area contributed by atoms with Gasteiger partial charge in [-0.25, -0.2) is 9.97 Å². The van der Waals surface area contributed by atoms with Crippen LogP contribution < -0.4 is 0 Å². The van der Waals surface area contributed by atoms with Gasteiger partial charge in [0.1, 0.15) is 0 Å². The van der Waals surface area contributed by atoms with Crippen molar-refractivity contribution in [3.05, 3.63) is 66.2 Å². The van der Waals surface area contributed by atoms with Crippen molar-refractivity contribution in [1.82, 2.24) is 19.9 Å². The number of rotatable bonds is 4. The number of hydrogen-bond donors (Lipinski definition) is 0. The summed E-state index contributed by atoms with van der Waals surface area (Å²) in [4.78, 5) is 16.4. The Kier molecular flexibility index (Phi) is 6.11. The van der Waals surface area contributed by atoms with Crippen LogP contribution in [-0.4, -0.2) is 39.5 Å². The maximum atomic E-state index is 9.35. The first-order valence-electron chi connectivity index (χ1n) is 10.9. The van der Waals surface area contributed by atoms with E-state index in [0.29, 0.717) is 16.9 Å². The number of piperidine rings is 1. The maximum Gasteiger partial charge on any atom is 0.159 e. The molecule has 3 aromatic rings. The lowest BCUT2D eigenvalue weighted by Crippen LogP contribution is -2.38. The van der Waals surface area contributed by atoms with Crippen LogP contribution in [0, 0.1) is 16.7 Å². The third kappa shape index (κ3) is 5.15. The van der Waals surface area contributed by atoms with E-state index in [-0.39, 0.29) is 0 Å². The van der Waals surface area contributed by atoms with E-state index in [4.69, 9.17) is 4.98 Å². The highest BCUT2D eigenvalue weighted by Gasteiger charge is 2.27. The van der Waals surface area contributed by atoms with E-state index < -0.39 is 0 Å². The second kappa shape index (κ2) is 8.95. The topological polar surface area (TPSA) is 65.7 Å². The molecule has 0 aliphatic carbocycles. The number of nitriles is 1. The Morgan fingerprint density at radius 2 is 1.81 bits per heavy atom. The molecule has 0 atom stereocenters. The number of hydrogen-bond acceptors (Lipinski definition) is 5. The molecule has 31 heavy (non-hydrogen) atoms. The summed E-state index contributed by atoms with van der Waals surface area (Å²) in [5, 5.41) is 9.35. The first-order chi connectivity index (χ1) is 14.9. The molecule has 0 bridgehead atoms. The number of pyridine rings is 1. The molecular formula is C26H29N5. The molecule has 0 radical (unpaired) electrons. The largest absolute Gasteiger partial charge is 0.303 e. The van der Waals surface area contributed by atoms with E-state index >= 15 is 0 Å². The molecule has 4 rings (SSSR count). The van der Waals surface area contributed by atoms with Gasteiger partial charge in [0.25, 0.3) is 0 Å². The third-order valence-corrected chi connectivity index (χ3v) is 5.73. The van der Waals surface area contributed by atoms with Crippen molar-refractivity contribution in [1.29, 1.82) is 5.26 Å². The zero-order valence-corrected chi connectivity index (χ0v) is 18.5. The van der Waals surface area contributed by atoms with Gasteiger partial charge in [-0.3, -0.25) is 4.98 Å². The van der Waals surface area contributed by atoms with E-state index in [1.165, 1.54) is 0 Å². The second-order valence-electron chi connectivity index (χ2n) is 9.53. The van der Waals surface area contributed by atoms with Crippen LogP contribution in [-0.2, 0) is 0 Å². The van der Waals surface area contributed by atoms with Gasteiger partial charge in [0.05, 0.1) is 17.3 Å². The Balaban J connectivity index is 1.69. The standard InChI is InChI=1S/C26H29N5/c1-26(2,3)18-31-13-9-20(10-14-31)24-23(22-6-4-5-19(15-22)16-27)17-29-25(30-24)21-7-11-28-12-8-21/h4-8,11-12,15,17,20H,9-10,13-14,18H2,1-3H3. The van der Waals surface area contributed by atoms with Gasteiger partial charge in [-0.2, -0.15) is 5.26 Å². The maximum absolute atomic E-state index is 9.35. The van der Waals surface area contributed by atoms with Crippen LogP contribution in [0.25, 0.3) is 22.5 Å². The Morgan fingerprint density at radius 1 is 1.06 bits per heavy atom. The summed E-state index contributed by atoms with van der Waals surface area (Å²) in [5.74, 6) is 1.11. The second-order valence-corrected chi connectivity index (χ2v) is 9.53. The summed E-state index contributed by atoms with van der Waals surface area (Å²) in [6.45, 7) is 10.2. The summed E-state index contributed by atoms with van der Waals surface area (Å²) in [6, 6.07) is 13.9. The molecule has 0 saturated carbocycles. The van der Waals surface area contributed by atoms with Gasteiger partial charge in [0.2, 0.25) is 0 Å². The minimum atomic E-state index is 0.305. The van der Waals surface area contributed by atoms with Crippen molar-refractivity contribution >= 4 is 0 Å². The number of benzene rings is 1. The van der Waals surface area contributed by atoms with E-state index in [2.05, 4.69) is 41.7 Å². The summed E-state index contributed by atoms with van der Waals surface area (Å²) in [7, 11) is 0. The first kappa shape index (κ1) is 21.1. The Hall–Kier alpha value is -3.10. The van der Waals surface area contributed by atoms with Crippen LogP contribution in [0.15, 0.2) is 55.0 Å². The average molecular weight is 412 g/mol. The van der Waals surface area contributed by atoms with Gasteiger partial charge < -0.3 is 4.90 Å². The van der Waals surface area contributed by atoms with Gasteiger partial charge in [-0.05, 0) is 61.2 Å². The third-order valence-electron chi connectivity index (χ3n) is 5.73. The van der Waals surface area contributed by atoms with Crippen molar-refractivity contribution in [3.63, 3.8) is 0 Å². The van der Waals surface area contributed by atoms with Crippen molar-refractivity contribution < 1.29 is 0 Å². The van der Waals surface area contributed by atoms with Crippen LogP contribution >= 0.6 is 0 Å². The van der Waals surface area contributed by atoms with Crippen molar-refractivity contribution in [2.75, 3.05) is 19.6 Å². The fourth-order valence-electron chi connectivity index (χ4n) is 4.36. The lowest BCUT2D eigenvalue weighted by molar-refractivity contribution is 0.153. The molecule has 158 valence electrons. The Morgan fingerprint density at radius 3 is 2.48 bits per heavy atom. The molecule has 2 aromatic heterocycles. The van der Waals surface area contributed by atoms with Crippen LogP contribution in [0.5, 0.6) is 0 Å². The predicted octanol–water partition coefficient (Wildman–Crippen LogP) is 5.30. The van der Waals surface area contributed by atoms with E-state index in [1.807, 2.05) is 42.6 Å². The first-order valence-corrected chi connectivity index (χ1v) is 10.9. The lowest BCUT2D eigenvalue weighted by Gasteiger charge is -2.36. The lowest BCUT2D eigenvalue weighted by atomic mass is 9.87. The highest BCUT2D eigenvalue weighted by molar-refractivity contribution is 5.69. The molecule has 0 spiro atoms. The number of nitrogens with zero attached hydrogens (tertiary/aromatic N) is 5. The van der Waals surface area contributed by atoms with Gasteiger partial charge in [0, 0.05) is 42.2 Å². The normalized spacial score (nSPS) is 15.5. The Labute approximate surface area is 184 Å². The Bertz CT molecular complexity index is 1070. The summed E-state index contributed by atoms with van der Waals surface area (Å²) in [6.07, 6.45) is 7.62. The molecule has 5 nitrogen and oxygen atoms in total. The summed E-state index contributed by atoms with van der Waals surface area (Å²) < 4.78 is 0. The van der Waals surface area contributed by atoms with Crippen LogP contribution in [0.1, 0.15) is 50.8 Å². The van der Waals surface area contributed by atoms with Gasteiger partial charge >= 0.3 is 0 Å². The van der Waals surface area contributed by atoms with Gasteiger partial charge in [0.15, 0.2) is 5.82 Å². The SMILES string of the molecule is CC(C)(C)CN1CCC(c2nc(-c3ccncc3)ncc2-c2cccc(C#N)c2)CC1. The van der Waals surface area contributed by atoms with Gasteiger partial charge in [-0.1, -0.05) is 32.9 Å². The molecule has 1 aliphatic rings. The highest BCUT2D eigenvalue weighted by atomic mass is 15.1. The molecule has 1 aromatic carbocycles. The van der Waals surface area contributed by atoms with E-state index in [1.54, 1.807) is 12.4 Å². The van der Waals surface area contributed by atoms with Crippen molar-refractivity contribution in [3.8, 4) is 28.6 Å². The number of likely N-dealkylation sites (tertiary alicyclic amines) is 1. The van der Waals surface area contributed by atoms with Crippen LogP contribution in [0.3, 0.4) is 0 Å². The molecular weight excluding hydrogens is 382 g/mol. The van der Waals surface area contributed by atoms with Crippen molar-refractivity contribution in [2.24, 2.45) is 5.41 Å². The van der Waals surface area contributed by atoms with Gasteiger partial charge in [-0.15, -0.1) is 0 Å². The monoisotopic (exact) mass is 411 g/mol. The zero-order chi connectivity index (χ0) is 21.8. The molecule has 0 unspecified atom stereocenters. The van der Waals surface area contributed by atoms with E-state index in [0.717, 1.165) is 60.7 Å². The number of aromatic nitrogens is 3. The molecule has 0 amide bonds. The van der Waals surface area contributed by atoms with Crippen LogP contribution in [0.2, 0.25) is 0 Å². The highest BCUT2D eigenvalue weighted by Crippen LogP contribution is 2.35. The molecule has 3 heterocycles. The molecule has 5 heteroatoms. The molecule has 1 aliphatic heterocycles. The predicted molar refractivity (Wildman–Crippen MR) is 123 cm³/mol.